The highest BCUT2D eigenvalue weighted by Crippen LogP contribution is 2.50. The Kier molecular flexibility index (Phi) is 7.34. The van der Waals surface area contributed by atoms with Crippen LogP contribution >= 0.6 is 0 Å². The molecule has 5 rings (SSSR count). The maximum atomic E-state index is 14.5. The summed E-state index contributed by atoms with van der Waals surface area (Å²) in [4.78, 5) is 24.8. The molecule has 1 aromatic carbocycles. The van der Waals surface area contributed by atoms with Crippen LogP contribution in [0.5, 0.6) is 5.75 Å². The molecule has 1 saturated carbocycles. The Morgan fingerprint density at radius 3 is 2.32 bits per heavy atom. The Morgan fingerprint density at radius 2 is 1.76 bits per heavy atom. The largest absolute Gasteiger partial charge is 0.493 e. The van der Waals surface area contributed by atoms with Crippen molar-refractivity contribution in [1.82, 2.24) is 14.9 Å². The summed E-state index contributed by atoms with van der Waals surface area (Å²) in [5.74, 6) is 1.13. The second-order valence-electron chi connectivity index (χ2n) is 11.2. The maximum Gasteiger partial charge on any atom is 0.227 e. The summed E-state index contributed by atoms with van der Waals surface area (Å²) >= 11 is 0. The number of ether oxygens (including phenoxy) is 1. The molecule has 3 fully saturated rings. The molecule has 0 spiro atoms. The van der Waals surface area contributed by atoms with E-state index in [1.165, 1.54) is 18.6 Å². The van der Waals surface area contributed by atoms with Crippen LogP contribution in [0.4, 0.5) is 14.7 Å². The van der Waals surface area contributed by atoms with Gasteiger partial charge < -0.3 is 19.6 Å². The molecule has 0 bridgehead atoms. The zero-order valence-corrected chi connectivity index (χ0v) is 21.6. The van der Waals surface area contributed by atoms with Crippen molar-refractivity contribution < 1.29 is 23.4 Å². The number of piperidine rings is 1. The number of aromatic nitrogens is 2. The van der Waals surface area contributed by atoms with Gasteiger partial charge in [0.2, 0.25) is 11.9 Å². The van der Waals surface area contributed by atoms with Gasteiger partial charge in [-0.05, 0) is 63.7 Å². The van der Waals surface area contributed by atoms with Gasteiger partial charge in [-0.25, -0.2) is 18.7 Å². The standard InChI is InChI=1S/C28H36F2N4O3/c1-28(2,36)20-16-31-27(32-17-20)34-9-4-18(5-10-34)22-12-19(22)6-11-37-21-13-24(29)23(25(30)14-21)15-26(35)33-7-3-8-33/h13-14,16-19,22,36H,3-12,15H2,1-2H3/t19-,22-/m1/s1. The van der Waals surface area contributed by atoms with Crippen LogP contribution < -0.4 is 9.64 Å². The first-order valence-electron chi connectivity index (χ1n) is 13.4. The predicted molar refractivity (Wildman–Crippen MR) is 135 cm³/mol. The van der Waals surface area contributed by atoms with E-state index >= 15 is 0 Å². The molecule has 1 aliphatic carbocycles. The van der Waals surface area contributed by atoms with Crippen molar-refractivity contribution in [3.8, 4) is 5.75 Å². The minimum atomic E-state index is -0.948. The number of anilines is 1. The van der Waals surface area contributed by atoms with Crippen molar-refractivity contribution in [2.24, 2.45) is 17.8 Å². The minimum absolute atomic E-state index is 0.177. The first-order chi connectivity index (χ1) is 17.7. The van der Waals surface area contributed by atoms with Gasteiger partial charge in [0.05, 0.1) is 18.6 Å². The Bertz CT molecular complexity index is 1090. The summed E-state index contributed by atoms with van der Waals surface area (Å²) in [6, 6.07) is 2.39. The van der Waals surface area contributed by atoms with Crippen molar-refractivity contribution in [2.45, 2.75) is 58.0 Å². The van der Waals surface area contributed by atoms with Crippen LogP contribution in [0, 0.1) is 29.4 Å². The fourth-order valence-electron chi connectivity index (χ4n) is 5.50. The van der Waals surface area contributed by atoms with E-state index in [0.29, 0.717) is 49.0 Å². The molecule has 0 radical (unpaired) electrons. The lowest BCUT2D eigenvalue weighted by molar-refractivity contribution is -0.133. The lowest BCUT2D eigenvalue weighted by Gasteiger charge is -2.32. The van der Waals surface area contributed by atoms with E-state index in [-0.39, 0.29) is 23.6 Å². The van der Waals surface area contributed by atoms with Crippen LogP contribution in [-0.4, -0.2) is 58.7 Å². The summed E-state index contributed by atoms with van der Waals surface area (Å²) in [5.41, 5.74) is -0.431. The monoisotopic (exact) mass is 514 g/mol. The number of rotatable bonds is 9. The lowest BCUT2D eigenvalue weighted by Crippen LogP contribution is -2.43. The molecule has 2 aromatic rings. The SMILES string of the molecule is CC(C)(O)c1cnc(N2CCC([C@H]3C[C@H]3CCOc3cc(F)c(CC(=O)N4CCC4)c(F)c3)CC2)nc1. The first-order valence-corrected chi connectivity index (χ1v) is 13.4. The number of halogens is 2. The molecule has 1 amide bonds. The van der Waals surface area contributed by atoms with Crippen LogP contribution in [0.25, 0.3) is 0 Å². The average molecular weight is 515 g/mol. The molecule has 3 heterocycles. The smallest absolute Gasteiger partial charge is 0.227 e. The minimum Gasteiger partial charge on any atom is -0.493 e. The molecule has 1 aromatic heterocycles. The van der Waals surface area contributed by atoms with E-state index in [4.69, 9.17) is 4.74 Å². The van der Waals surface area contributed by atoms with Gasteiger partial charge in [0.15, 0.2) is 0 Å². The molecular formula is C28H36F2N4O3. The molecule has 7 nitrogen and oxygen atoms in total. The maximum absolute atomic E-state index is 14.5. The predicted octanol–water partition coefficient (Wildman–Crippen LogP) is 4.08. The number of carbonyl (C=O) groups is 1. The summed E-state index contributed by atoms with van der Waals surface area (Å²) in [5, 5.41) is 10.1. The number of benzene rings is 1. The van der Waals surface area contributed by atoms with E-state index in [1.807, 2.05) is 0 Å². The van der Waals surface area contributed by atoms with Crippen LogP contribution in [0.15, 0.2) is 24.5 Å². The molecule has 2 aliphatic heterocycles. The number of nitrogens with zero attached hydrogens (tertiary/aromatic N) is 4. The molecule has 200 valence electrons. The van der Waals surface area contributed by atoms with Gasteiger partial charge in [-0.15, -0.1) is 0 Å². The zero-order chi connectivity index (χ0) is 26.2. The highest BCUT2D eigenvalue weighted by atomic mass is 19.1. The summed E-state index contributed by atoms with van der Waals surface area (Å²) < 4.78 is 34.6. The van der Waals surface area contributed by atoms with Crippen molar-refractivity contribution in [1.29, 1.82) is 0 Å². The van der Waals surface area contributed by atoms with Gasteiger partial charge in [0.25, 0.3) is 0 Å². The molecule has 3 aliphatic rings. The number of carbonyl (C=O) groups excluding carboxylic acids is 1. The van der Waals surface area contributed by atoms with Crippen LogP contribution in [-0.2, 0) is 16.8 Å². The summed E-state index contributed by atoms with van der Waals surface area (Å²) in [6.07, 6.45) is 8.31. The molecular weight excluding hydrogens is 478 g/mol. The molecule has 9 heteroatoms. The third kappa shape index (κ3) is 6.03. The fraction of sp³-hybridized carbons (Fsp3) is 0.607. The van der Waals surface area contributed by atoms with Gasteiger partial charge in [-0.3, -0.25) is 4.79 Å². The molecule has 37 heavy (non-hydrogen) atoms. The second-order valence-corrected chi connectivity index (χ2v) is 11.2. The zero-order valence-electron chi connectivity index (χ0n) is 21.6. The van der Waals surface area contributed by atoms with Crippen LogP contribution in [0.3, 0.4) is 0 Å². The number of aliphatic hydroxyl groups is 1. The summed E-state index contributed by atoms with van der Waals surface area (Å²) in [7, 11) is 0. The first kappa shape index (κ1) is 25.8. The van der Waals surface area contributed by atoms with E-state index in [0.717, 1.165) is 38.8 Å². The highest BCUT2D eigenvalue weighted by Gasteiger charge is 2.43. The van der Waals surface area contributed by atoms with Gasteiger partial charge in [0, 0.05) is 61.8 Å². The van der Waals surface area contributed by atoms with Crippen molar-refractivity contribution >= 4 is 11.9 Å². The number of likely N-dealkylation sites (tertiary alicyclic amines) is 1. The lowest BCUT2D eigenvalue weighted by atomic mass is 9.90. The van der Waals surface area contributed by atoms with Gasteiger partial charge in [-0.1, -0.05) is 0 Å². The van der Waals surface area contributed by atoms with Crippen molar-refractivity contribution in [3.63, 3.8) is 0 Å². The van der Waals surface area contributed by atoms with Gasteiger partial charge in [0.1, 0.15) is 17.4 Å². The summed E-state index contributed by atoms with van der Waals surface area (Å²) in [6.45, 7) is 7.02. The van der Waals surface area contributed by atoms with Gasteiger partial charge in [-0.2, -0.15) is 0 Å². The Balaban J connectivity index is 1.04. The Morgan fingerprint density at radius 1 is 1.11 bits per heavy atom. The average Bonchev–Trinajstić information content (AvgIpc) is 3.59. The third-order valence-electron chi connectivity index (χ3n) is 8.16. The van der Waals surface area contributed by atoms with E-state index in [9.17, 15) is 18.7 Å². The number of hydrogen-bond donors (Lipinski definition) is 1. The van der Waals surface area contributed by atoms with E-state index < -0.39 is 17.2 Å². The quantitative estimate of drug-likeness (QED) is 0.543. The normalized spacial score (nSPS) is 22.1. The number of hydrogen-bond acceptors (Lipinski definition) is 6. The van der Waals surface area contributed by atoms with Crippen molar-refractivity contribution in [3.05, 3.63) is 47.3 Å². The Labute approximate surface area is 216 Å². The van der Waals surface area contributed by atoms with Gasteiger partial charge >= 0.3 is 0 Å². The molecule has 2 atom stereocenters. The van der Waals surface area contributed by atoms with E-state index in [1.54, 1.807) is 31.1 Å². The van der Waals surface area contributed by atoms with Crippen LogP contribution in [0.1, 0.15) is 57.1 Å². The van der Waals surface area contributed by atoms with E-state index in [2.05, 4.69) is 14.9 Å². The molecule has 2 saturated heterocycles. The fourth-order valence-corrected chi connectivity index (χ4v) is 5.50. The Hall–Kier alpha value is -2.81. The topological polar surface area (TPSA) is 78.8 Å². The third-order valence-corrected chi connectivity index (χ3v) is 8.16. The van der Waals surface area contributed by atoms with Crippen LogP contribution in [0.2, 0.25) is 0 Å². The van der Waals surface area contributed by atoms with Crippen molar-refractivity contribution in [2.75, 3.05) is 37.7 Å². The molecule has 1 N–H and O–H groups in total. The second kappa shape index (κ2) is 10.5. The highest BCUT2D eigenvalue weighted by molar-refractivity contribution is 5.79. The molecule has 0 unspecified atom stereocenters. The number of amides is 1.